The molecule has 1 amide bonds. The molecule has 25 heavy (non-hydrogen) atoms. The molecule has 7 heteroatoms. The molecule has 2 N–H and O–H groups in total. The van der Waals surface area contributed by atoms with Gasteiger partial charge in [-0.1, -0.05) is 6.07 Å². The van der Waals surface area contributed by atoms with Gasteiger partial charge in [-0.3, -0.25) is 14.5 Å². The maximum Gasteiger partial charge on any atom is 0.261 e. The molecule has 0 fully saturated rings. The van der Waals surface area contributed by atoms with E-state index in [4.69, 9.17) is 0 Å². The summed E-state index contributed by atoms with van der Waals surface area (Å²) in [4.78, 5) is 15.8. The minimum Gasteiger partial charge on any atom is -0.326 e. The van der Waals surface area contributed by atoms with E-state index in [0.29, 0.717) is 24.2 Å². The van der Waals surface area contributed by atoms with Gasteiger partial charge in [0.05, 0.1) is 10.4 Å². The van der Waals surface area contributed by atoms with Crippen LogP contribution in [0.1, 0.15) is 12.0 Å². The van der Waals surface area contributed by atoms with Crippen molar-refractivity contribution in [2.75, 3.05) is 10.0 Å². The summed E-state index contributed by atoms with van der Waals surface area (Å²) in [5, 5.41) is 3.60. The second kappa shape index (κ2) is 5.86. The molecule has 4 rings (SSSR count). The second-order valence-corrected chi connectivity index (χ2v) is 7.57. The molecule has 3 aromatic rings. The fourth-order valence-electron chi connectivity index (χ4n) is 2.88. The number of carbonyl (C=O) groups is 1. The van der Waals surface area contributed by atoms with Crippen molar-refractivity contribution < 1.29 is 13.2 Å². The molecule has 1 aliphatic rings. The smallest absolute Gasteiger partial charge is 0.261 e. The molecule has 2 aromatic carbocycles. The molecule has 0 spiro atoms. The first kappa shape index (κ1) is 15.6. The first-order valence-corrected chi connectivity index (χ1v) is 9.30. The lowest BCUT2D eigenvalue weighted by molar-refractivity contribution is -0.116. The fourth-order valence-corrected chi connectivity index (χ4v) is 3.98. The van der Waals surface area contributed by atoms with Gasteiger partial charge >= 0.3 is 0 Å². The van der Waals surface area contributed by atoms with Gasteiger partial charge in [-0.15, -0.1) is 0 Å². The molecule has 1 aliphatic heterocycles. The van der Waals surface area contributed by atoms with Crippen LogP contribution in [0.25, 0.3) is 10.9 Å². The number of benzene rings is 2. The van der Waals surface area contributed by atoms with Crippen LogP contribution < -0.4 is 10.0 Å². The Hall–Kier alpha value is -2.93. The van der Waals surface area contributed by atoms with E-state index in [1.54, 1.807) is 42.6 Å². The standard InChI is InChI=1S/C18H15N3O3S/c22-18-8-3-13-11-15(5-7-17(13)20-18)25(23,24)21-14-4-6-16-12(10-14)2-1-9-19-16/h1-2,4-7,9-11,21H,3,8H2,(H,20,22). The minimum absolute atomic E-state index is 0.0500. The predicted molar refractivity (Wildman–Crippen MR) is 95.9 cm³/mol. The average molecular weight is 353 g/mol. The molecule has 126 valence electrons. The predicted octanol–water partition coefficient (Wildman–Crippen LogP) is 2.92. The molecular weight excluding hydrogens is 338 g/mol. The van der Waals surface area contributed by atoms with Crippen molar-refractivity contribution in [3.8, 4) is 0 Å². The monoisotopic (exact) mass is 353 g/mol. The van der Waals surface area contributed by atoms with E-state index < -0.39 is 10.0 Å². The summed E-state index contributed by atoms with van der Waals surface area (Å²) in [5.41, 5.74) is 2.78. The van der Waals surface area contributed by atoms with Crippen LogP contribution in [0.4, 0.5) is 11.4 Å². The normalized spacial score (nSPS) is 14.0. The van der Waals surface area contributed by atoms with Crippen LogP contribution in [0, 0.1) is 0 Å². The number of hydrogen-bond acceptors (Lipinski definition) is 4. The zero-order chi connectivity index (χ0) is 17.4. The van der Waals surface area contributed by atoms with Crippen LogP contribution in [-0.4, -0.2) is 19.3 Å². The highest BCUT2D eigenvalue weighted by Crippen LogP contribution is 2.27. The quantitative estimate of drug-likeness (QED) is 0.758. The SMILES string of the molecule is O=C1CCc2cc(S(=O)(=O)Nc3ccc4ncccc4c3)ccc2N1. The van der Waals surface area contributed by atoms with Crippen molar-refractivity contribution in [2.45, 2.75) is 17.7 Å². The molecular formula is C18H15N3O3S. The number of amides is 1. The van der Waals surface area contributed by atoms with Gasteiger partial charge in [0.25, 0.3) is 10.0 Å². The third-order valence-electron chi connectivity index (χ3n) is 4.14. The number of aryl methyl sites for hydroxylation is 1. The number of fused-ring (bicyclic) bond motifs is 2. The molecule has 0 atom stereocenters. The van der Waals surface area contributed by atoms with Crippen molar-refractivity contribution in [3.63, 3.8) is 0 Å². The largest absolute Gasteiger partial charge is 0.326 e. The van der Waals surface area contributed by atoms with Crippen LogP contribution in [0.5, 0.6) is 0 Å². The highest BCUT2D eigenvalue weighted by atomic mass is 32.2. The minimum atomic E-state index is -3.71. The van der Waals surface area contributed by atoms with Crippen molar-refractivity contribution in [1.29, 1.82) is 0 Å². The van der Waals surface area contributed by atoms with E-state index in [0.717, 1.165) is 16.5 Å². The molecule has 0 saturated heterocycles. The van der Waals surface area contributed by atoms with E-state index in [1.165, 1.54) is 6.07 Å². The highest BCUT2D eigenvalue weighted by molar-refractivity contribution is 7.92. The molecule has 0 radical (unpaired) electrons. The van der Waals surface area contributed by atoms with Crippen LogP contribution in [0.15, 0.2) is 59.6 Å². The number of carbonyl (C=O) groups excluding carboxylic acids is 1. The first-order chi connectivity index (χ1) is 12.0. The molecule has 0 aliphatic carbocycles. The number of anilines is 2. The van der Waals surface area contributed by atoms with Crippen LogP contribution in [0.3, 0.4) is 0 Å². The lowest BCUT2D eigenvalue weighted by Gasteiger charge is -2.18. The molecule has 1 aromatic heterocycles. The van der Waals surface area contributed by atoms with Gasteiger partial charge in [0, 0.05) is 29.4 Å². The van der Waals surface area contributed by atoms with Gasteiger partial charge in [-0.2, -0.15) is 0 Å². The third-order valence-corrected chi connectivity index (χ3v) is 5.52. The zero-order valence-corrected chi connectivity index (χ0v) is 14.0. The average Bonchev–Trinajstić information content (AvgIpc) is 2.60. The highest BCUT2D eigenvalue weighted by Gasteiger charge is 2.20. The van der Waals surface area contributed by atoms with Gasteiger partial charge < -0.3 is 5.32 Å². The van der Waals surface area contributed by atoms with Gasteiger partial charge in [-0.05, 0) is 54.4 Å². The number of nitrogens with zero attached hydrogens (tertiary/aromatic N) is 1. The summed E-state index contributed by atoms with van der Waals surface area (Å²) in [7, 11) is -3.71. The molecule has 2 heterocycles. The van der Waals surface area contributed by atoms with Crippen molar-refractivity contribution in [1.82, 2.24) is 4.98 Å². The summed E-state index contributed by atoms with van der Waals surface area (Å²) >= 11 is 0. The van der Waals surface area contributed by atoms with E-state index >= 15 is 0 Å². The Morgan fingerprint density at radius 1 is 1.04 bits per heavy atom. The van der Waals surface area contributed by atoms with Gasteiger partial charge in [0.2, 0.25) is 5.91 Å². The van der Waals surface area contributed by atoms with Crippen molar-refractivity contribution in [2.24, 2.45) is 0 Å². The van der Waals surface area contributed by atoms with Gasteiger partial charge in [0.15, 0.2) is 0 Å². The van der Waals surface area contributed by atoms with Crippen LogP contribution in [0.2, 0.25) is 0 Å². The number of sulfonamides is 1. The van der Waals surface area contributed by atoms with Crippen molar-refractivity contribution in [3.05, 3.63) is 60.3 Å². The van der Waals surface area contributed by atoms with Crippen LogP contribution >= 0.6 is 0 Å². The van der Waals surface area contributed by atoms with Crippen LogP contribution in [-0.2, 0) is 21.2 Å². The Bertz CT molecular complexity index is 1090. The molecule has 0 saturated carbocycles. The second-order valence-electron chi connectivity index (χ2n) is 5.88. The maximum absolute atomic E-state index is 12.7. The lowest BCUT2D eigenvalue weighted by atomic mass is 10.0. The molecule has 0 unspecified atom stereocenters. The number of hydrogen-bond donors (Lipinski definition) is 2. The Morgan fingerprint density at radius 2 is 1.92 bits per heavy atom. The Balaban J connectivity index is 1.66. The van der Waals surface area contributed by atoms with E-state index in [9.17, 15) is 13.2 Å². The van der Waals surface area contributed by atoms with E-state index in [-0.39, 0.29) is 10.8 Å². The number of rotatable bonds is 3. The third kappa shape index (κ3) is 3.06. The fraction of sp³-hybridized carbons (Fsp3) is 0.111. The summed E-state index contributed by atoms with van der Waals surface area (Å²) < 4.78 is 27.9. The van der Waals surface area contributed by atoms with Crippen molar-refractivity contribution >= 4 is 38.2 Å². The first-order valence-electron chi connectivity index (χ1n) is 7.82. The summed E-state index contributed by atoms with van der Waals surface area (Å²) in [6, 6.07) is 13.6. The molecule has 0 bridgehead atoms. The van der Waals surface area contributed by atoms with E-state index in [1.807, 2.05) is 6.07 Å². The zero-order valence-electron chi connectivity index (χ0n) is 13.2. The lowest BCUT2D eigenvalue weighted by Crippen LogP contribution is -2.20. The molecule has 6 nitrogen and oxygen atoms in total. The van der Waals surface area contributed by atoms with Gasteiger partial charge in [-0.25, -0.2) is 8.42 Å². The Morgan fingerprint density at radius 3 is 2.80 bits per heavy atom. The van der Waals surface area contributed by atoms with E-state index in [2.05, 4.69) is 15.0 Å². The number of pyridine rings is 1. The number of nitrogens with one attached hydrogen (secondary N) is 2. The Labute approximate surface area is 145 Å². The topological polar surface area (TPSA) is 88.2 Å². The Kier molecular flexibility index (Phi) is 3.65. The number of aromatic nitrogens is 1. The summed E-state index contributed by atoms with van der Waals surface area (Å²) in [6.07, 6.45) is 2.59. The van der Waals surface area contributed by atoms with Gasteiger partial charge in [0.1, 0.15) is 0 Å². The summed E-state index contributed by atoms with van der Waals surface area (Å²) in [5.74, 6) is -0.0500. The maximum atomic E-state index is 12.7. The summed E-state index contributed by atoms with van der Waals surface area (Å²) in [6.45, 7) is 0.